The number of carbonyl (C=O) groups is 2. The van der Waals surface area contributed by atoms with Crippen molar-refractivity contribution in [3.8, 4) is 5.75 Å². The van der Waals surface area contributed by atoms with Gasteiger partial charge in [-0.25, -0.2) is 4.98 Å². The van der Waals surface area contributed by atoms with Crippen LogP contribution in [0.5, 0.6) is 5.75 Å². The number of aryl methyl sites for hydroxylation is 1. The second-order valence-electron chi connectivity index (χ2n) is 7.95. The fourth-order valence-corrected chi connectivity index (χ4v) is 3.67. The molecule has 1 aromatic heterocycles. The quantitative estimate of drug-likeness (QED) is 0.454. The van der Waals surface area contributed by atoms with Crippen LogP contribution in [0.3, 0.4) is 0 Å². The van der Waals surface area contributed by atoms with E-state index < -0.39 is 0 Å². The first-order chi connectivity index (χ1) is 16.4. The number of rotatable bonds is 7. The van der Waals surface area contributed by atoms with Crippen molar-refractivity contribution < 1.29 is 14.3 Å². The molecule has 0 bridgehead atoms. The lowest BCUT2D eigenvalue weighted by Gasteiger charge is -2.14. The number of anilines is 5. The Hall–Kier alpha value is -4.40. The van der Waals surface area contributed by atoms with Crippen LogP contribution in [0.15, 0.2) is 55.3 Å². The number of carbonyl (C=O) groups excluding carboxylic acids is 2. The molecule has 0 aliphatic carbocycles. The summed E-state index contributed by atoms with van der Waals surface area (Å²) in [4.78, 5) is 34.2. The van der Waals surface area contributed by atoms with Crippen molar-refractivity contribution in [2.24, 2.45) is 0 Å². The number of nitrogens with one attached hydrogen (secondary N) is 3. The Balaban J connectivity index is 1.56. The van der Waals surface area contributed by atoms with E-state index in [1.807, 2.05) is 31.2 Å². The van der Waals surface area contributed by atoms with Gasteiger partial charge in [-0.3, -0.25) is 9.59 Å². The lowest BCUT2D eigenvalue weighted by Crippen LogP contribution is -2.21. The fraction of sp³-hybridized carbons (Fsp3) is 0.200. The number of ether oxygens (including phenoxy) is 1. The predicted molar refractivity (Wildman–Crippen MR) is 132 cm³/mol. The first kappa shape index (κ1) is 22.8. The molecular formula is C25H26N6O3. The van der Waals surface area contributed by atoms with E-state index in [2.05, 4.69) is 32.5 Å². The summed E-state index contributed by atoms with van der Waals surface area (Å²) in [5, 5.41) is 9.25. The Bertz CT molecular complexity index is 1270. The van der Waals surface area contributed by atoms with Crippen molar-refractivity contribution >= 4 is 40.6 Å². The predicted octanol–water partition coefficient (Wildman–Crippen LogP) is 4.27. The molecule has 4 rings (SSSR count). The van der Waals surface area contributed by atoms with Crippen molar-refractivity contribution in [1.82, 2.24) is 14.9 Å². The molecule has 0 fully saturated rings. The van der Waals surface area contributed by atoms with Crippen molar-refractivity contribution in [2.45, 2.75) is 26.9 Å². The highest BCUT2D eigenvalue weighted by atomic mass is 16.5. The summed E-state index contributed by atoms with van der Waals surface area (Å²) in [5.74, 6) is 1.41. The monoisotopic (exact) mass is 458 g/mol. The van der Waals surface area contributed by atoms with Crippen LogP contribution in [0.2, 0.25) is 0 Å². The van der Waals surface area contributed by atoms with Crippen molar-refractivity contribution in [3.05, 3.63) is 71.9 Å². The third-order valence-electron chi connectivity index (χ3n) is 5.49. The molecule has 3 N–H and O–H groups in total. The lowest BCUT2D eigenvalue weighted by atomic mass is 10.1. The standard InChI is InChI=1S/C25H26N6O3/c1-5-23(33)27-19-7-6-8-20(11-19)28-24-15(2)12-26-25(30-24)29-21-9-17-13-31(16(3)32)14-18(17)10-22(21)34-4/h5-12H,1,13-14H2,2-4H3,(H,27,33)(H2,26,28,29,30). The fourth-order valence-electron chi connectivity index (χ4n) is 3.67. The van der Waals surface area contributed by atoms with E-state index in [1.165, 1.54) is 6.08 Å². The molecule has 0 atom stereocenters. The minimum atomic E-state index is -0.281. The Kier molecular flexibility index (Phi) is 6.44. The van der Waals surface area contributed by atoms with E-state index in [0.29, 0.717) is 36.3 Å². The van der Waals surface area contributed by atoms with Gasteiger partial charge in [-0.15, -0.1) is 0 Å². The van der Waals surface area contributed by atoms with Gasteiger partial charge in [-0.1, -0.05) is 12.6 Å². The van der Waals surface area contributed by atoms with Gasteiger partial charge in [0.1, 0.15) is 11.6 Å². The molecule has 2 aromatic carbocycles. The van der Waals surface area contributed by atoms with Crippen molar-refractivity contribution in [2.75, 3.05) is 23.1 Å². The lowest BCUT2D eigenvalue weighted by molar-refractivity contribution is -0.129. The van der Waals surface area contributed by atoms with Crippen LogP contribution >= 0.6 is 0 Å². The molecule has 2 amide bonds. The number of methoxy groups -OCH3 is 1. The molecule has 1 aliphatic rings. The molecule has 9 heteroatoms. The smallest absolute Gasteiger partial charge is 0.247 e. The number of benzene rings is 2. The van der Waals surface area contributed by atoms with E-state index in [1.54, 1.807) is 37.3 Å². The SMILES string of the molecule is C=CC(=O)Nc1cccc(Nc2nc(Nc3cc4c(cc3OC)CN(C(C)=O)C4)ncc2C)c1. The van der Waals surface area contributed by atoms with Crippen LogP contribution in [0.25, 0.3) is 0 Å². The highest BCUT2D eigenvalue weighted by molar-refractivity contribution is 5.99. The van der Waals surface area contributed by atoms with Gasteiger partial charge in [0.2, 0.25) is 17.8 Å². The van der Waals surface area contributed by atoms with Crippen LogP contribution in [0, 0.1) is 6.92 Å². The Labute approximate surface area is 197 Å². The second kappa shape index (κ2) is 9.62. The molecule has 0 radical (unpaired) electrons. The van der Waals surface area contributed by atoms with Gasteiger partial charge < -0.3 is 25.6 Å². The molecule has 0 spiro atoms. The molecule has 34 heavy (non-hydrogen) atoms. The number of fused-ring (bicyclic) bond motifs is 1. The third kappa shape index (κ3) is 4.98. The largest absolute Gasteiger partial charge is 0.495 e. The van der Waals surface area contributed by atoms with Gasteiger partial charge in [0.25, 0.3) is 0 Å². The molecule has 3 aromatic rings. The normalized spacial score (nSPS) is 12.0. The number of hydrogen-bond acceptors (Lipinski definition) is 7. The van der Waals surface area contributed by atoms with Crippen molar-refractivity contribution in [3.63, 3.8) is 0 Å². The molecule has 0 unspecified atom stereocenters. The summed E-state index contributed by atoms with van der Waals surface area (Å²) < 4.78 is 5.56. The van der Waals surface area contributed by atoms with Crippen LogP contribution in [-0.4, -0.2) is 33.8 Å². The van der Waals surface area contributed by atoms with Gasteiger partial charge in [-0.2, -0.15) is 4.98 Å². The molecule has 0 saturated heterocycles. The van der Waals surface area contributed by atoms with Crippen LogP contribution in [-0.2, 0) is 22.7 Å². The highest BCUT2D eigenvalue weighted by Gasteiger charge is 2.23. The van der Waals surface area contributed by atoms with Gasteiger partial charge >= 0.3 is 0 Å². The third-order valence-corrected chi connectivity index (χ3v) is 5.49. The maximum atomic E-state index is 11.8. The van der Waals surface area contributed by atoms with Gasteiger partial charge in [0, 0.05) is 43.1 Å². The minimum Gasteiger partial charge on any atom is -0.495 e. The number of nitrogens with zero attached hydrogens (tertiary/aromatic N) is 3. The summed E-state index contributed by atoms with van der Waals surface area (Å²) in [5.41, 5.74) is 5.09. The molecule has 0 saturated carbocycles. The second-order valence-corrected chi connectivity index (χ2v) is 7.95. The average Bonchev–Trinajstić information content (AvgIpc) is 3.24. The summed E-state index contributed by atoms with van der Waals surface area (Å²) in [6, 6.07) is 11.2. The van der Waals surface area contributed by atoms with E-state index in [9.17, 15) is 9.59 Å². The van der Waals surface area contributed by atoms with Gasteiger partial charge in [0.05, 0.1) is 12.8 Å². The van der Waals surface area contributed by atoms with E-state index in [-0.39, 0.29) is 11.8 Å². The van der Waals surface area contributed by atoms with Crippen LogP contribution in [0.1, 0.15) is 23.6 Å². The summed E-state index contributed by atoms with van der Waals surface area (Å²) in [6.07, 6.45) is 2.94. The summed E-state index contributed by atoms with van der Waals surface area (Å²) in [7, 11) is 1.60. The maximum Gasteiger partial charge on any atom is 0.247 e. The summed E-state index contributed by atoms with van der Waals surface area (Å²) in [6.45, 7) is 8.07. The van der Waals surface area contributed by atoms with Crippen molar-refractivity contribution in [1.29, 1.82) is 0 Å². The Morgan fingerprint density at radius 1 is 1.12 bits per heavy atom. The first-order valence-corrected chi connectivity index (χ1v) is 10.7. The van der Waals surface area contributed by atoms with Crippen LogP contribution < -0.4 is 20.7 Å². The maximum absolute atomic E-state index is 11.8. The van der Waals surface area contributed by atoms with E-state index >= 15 is 0 Å². The minimum absolute atomic E-state index is 0.0374. The topological polar surface area (TPSA) is 108 Å². The molecular weight excluding hydrogens is 432 g/mol. The number of aromatic nitrogens is 2. The zero-order valence-electron chi connectivity index (χ0n) is 19.3. The molecule has 2 heterocycles. The van der Waals surface area contributed by atoms with Crippen LogP contribution in [0.4, 0.5) is 28.8 Å². The van der Waals surface area contributed by atoms with E-state index in [4.69, 9.17) is 4.74 Å². The summed E-state index contributed by atoms with van der Waals surface area (Å²) >= 11 is 0. The molecule has 174 valence electrons. The highest BCUT2D eigenvalue weighted by Crippen LogP contribution is 2.35. The number of hydrogen-bond donors (Lipinski definition) is 3. The van der Waals surface area contributed by atoms with E-state index in [0.717, 1.165) is 28.1 Å². The Morgan fingerprint density at radius 3 is 2.56 bits per heavy atom. The first-order valence-electron chi connectivity index (χ1n) is 10.7. The van der Waals surface area contributed by atoms with Gasteiger partial charge in [-0.05, 0) is 54.5 Å². The molecule has 9 nitrogen and oxygen atoms in total. The zero-order chi connectivity index (χ0) is 24.2. The zero-order valence-corrected chi connectivity index (χ0v) is 19.3. The molecule has 1 aliphatic heterocycles. The number of amides is 2. The van der Waals surface area contributed by atoms with Gasteiger partial charge in [0.15, 0.2) is 0 Å². The Morgan fingerprint density at radius 2 is 1.85 bits per heavy atom. The average molecular weight is 459 g/mol.